The fourth-order valence-corrected chi connectivity index (χ4v) is 3.67. The molecule has 0 heterocycles. The molecule has 0 radical (unpaired) electrons. The Kier molecular flexibility index (Phi) is 6.04. The van der Waals surface area contributed by atoms with Crippen LogP contribution in [0.25, 0.3) is 0 Å². The minimum Gasteiger partial charge on any atom is -0.406 e. The average Bonchev–Trinajstić information content (AvgIpc) is 2.54. The molecule has 0 spiro atoms. The van der Waals surface area contributed by atoms with Gasteiger partial charge in [-0.15, -0.1) is 13.2 Å². The Morgan fingerprint density at radius 1 is 1.04 bits per heavy atom. The van der Waals surface area contributed by atoms with Crippen molar-refractivity contribution in [2.45, 2.75) is 17.8 Å². The van der Waals surface area contributed by atoms with Crippen LogP contribution in [0.1, 0.15) is 5.56 Å². The second-order valence-corrected chi connectivity index (χ2v) is 7.07. The lowest BCUT2D eigenvalue weighted by molar-refractivity contribution is -0.274. The third-order valence-corrected chi connectivity index (χ3v) is 5.10. The van der Waals surface area contributed by atoms with Crippen LogP contribution < -0.4 is 10.5 Å². The highest BCUT2D eigenvalue weighted by Gasteiger charge is 2.32. The van der Waals surface area contributed by atoms with E-state index in [9.17, 15) is 21.6 Å². The fraction of sp³-hybridized carbons (Fsp3) is 0.250. The molecular weight excluding hydrogens is 357 g/mol. The van der Waals surface area contributed by atoms with Crippen molar-refractivity contribution in [3.05, 3.63) is 60.2 Å². The van der Waals surface area contributed by atoms with Crippen molar-refractivity contribution in [1.82, 2.24) is 4.31 Å². The largest absolute Gasteiger partial charge is 0.573 e. The van der Waals surface area contributed by atoms with Gasteiger partial charge < -0.3 is 10.5 Å². The van der Waals surface area contributed by atoms with Gasteiger partial charge in [-0.3, -0.25) is 0 Å². The molecule has 0 bridgehead atoms. The molecule has 0 atom stereocenters. The van der Waals surface area contributed by atoms with Crippen LogP contribution in [0, 0.1) is 0 Å². The van der Waals surface area contributed by atoms with Gasteiger partial charge >= 0.3 is 6.36 Å². The normalized spacial score (nSPS) is 12.4. The molecule has 2 aromatic rings. The summed E-state index contributed by atoms with van der Waals surface area (Å²) in [7, 11) is -4.03. The molecule has 0 aliphatic rings. The Bertz CT molecular complexity index is 796. The zero-order chi connectivity index (χ0) is 18.5. The van der Waals surface area contributed by atoms with Gasteiger partial charge in [0.1, 0.15) is 5.75 Å². The minimum absolute atomic E-state index is 0.0293. The standard InChI is InChI=1S/C16H17F3N2O3S/c17-16(18,19)24-14-7-4-8-15(11-14)25(22,23)21(10-9-20)12-13-5-2-1-3-6-13/h1-8,11H,9-10,12,20H2. The number of nitrogens with zero attached hydrogens (tertiary/aromatic N) is 1. The van der Waals surface area contributed by atoms with Gasteiger partial charge in [0, 0.05) is 25.7 Å². The quantitative estimate of drug-likeness (QED) is 0.809. The van der Waals surface area contributed by atoms with Crippen LogP contribution in [0.15, 0.2) is 59.5 Å². The van der Waals surface area contributed by atoms with Crippen LogP contribution in [0.3, 0.4) is 0 Å². The molecule has 2 rings (SSSR count). The summed E-state index contributed by atoms with van der Waals surface area (Å²) >= 11 is 0. The number of halogens is 3. The summed E-state index contributed by atoms with van der Waals surface area (Å²) in [4.78, 5) is -0.293. The third kappa shape index (κ3) is 5.45. The molecule has 25 heavy (non-hydrogen) atoms. The van der Waals surface area contributed by atoms with E-state index in [0.717, 1.165) is 22.0 Å². The number of hydrogen-bond acceptors (Lipinski definition) is 4. The van der Waals surface area contributed by atoms with Crippen molar-refractivity contribution >= 4 is 10.0 Å². The van der Waals surface area contributed by atoms with Crippen LogP contribution in [-0.4, -0.2) is 32.2 Å². The van der Waals surface area contributed by atoms with E-state index < -0.39 is 22.1 Å². The summed E-state index contributed by atoms with van der Waals surface area (Å²) in [6, 6.07) is 13.1. The lowest BCUT2D eigenvalue weighted by Gasteiger charge is -2.22. The molecule has 0 amide bonds. The maximum Gasteiger partial charge on any atom is 0.573 e. The van der Waals surface area contributed by atoms with E-state index in [1.807, 2.05) is 0 Å². The van der Waals surface area contributed by atoms with Crippen molar-refractivity contribution in [2.24, 2.45) is 5.73 Å². The minimum atomic E-state index is -4.90. The van der Waals surface area contributed by atoms with E-state index in [1.54, 1.807) is 30.3 Å². The summed E-state index contributed by atoms with van der Waals surface area (Å²) in [5.74, 6) is -0.596. The molecule has 0 saturated heterocycles. The molecule has 0 aliphatic carbocycles. The van der Waals surface area contributed by atoms with Crippen LogP contribution >= 0.6 is 0 Å². The summed E-state index contributed by atoms with van der Waals surface area (Å²) in [6.07, 6.45) is -4.90. The molecule has 9 heteroatoms. The molecule has 0 unspecified atom stereocenters. The average molecular weight is 374 g/mol. The number of benzene rings is 2. The van der Waals surface area contributed by atoms with E-state index in [1.165, 1.54) is 12.1 Å². The van der Waals surface area contributed by atoms with Crippen LogP contribution in [-0.2, 0) is 16.6 Å². The highest BCUT2D eigenvalue weighted by molar-refractivity contribution is 7.89. The summed E-state index contributed by atoms with van der Waals surface area (Å²) in [5.41, 5.74) is 6.23. The first-order valence-electron chi connectivity index (χ1n) is 7.32. The zero-order valence-electron chi connectivity index (χ0n) is 13.1. The monoisotopic (exact) mass is 374 g/mol. The second-order valence-electron chi connectivity index (χ2n) is 5.14. The van der Waals surface area contributed by atoms with Crippen molar-refractivity contribution in [3.8, 4) is 5.75 Å². The molecule has 0 aromatic heterocycles. The molecule has 136 valence electrons. The molecule has 2 N–H and O–H groups in total. The molecular formula is C16H17F3N2O3S. The molecule has 2 aromatic carbocycles. The Morgan fingerprint density at radius 2 is 1.72 bits per heavy atom. The Morgan fingerprint density at radius 3 is 2.32 bits per heavy atom. The maximum atomic E-state index is 12.8. The number of hydrogen-bond donors (Lipinski definition) is 1. The van der Waals surface area contributed by atoms with E-state index in [2.05, 4.69) is 4.74 Å². The number of ether oxygens (including phenoxy) is 1. The first-order chi connectivity index (χ1) is 11.7. The van der Waals surface area contributed by atoms with E-state index in [0.29, 0.717) is 0 Å². The summed E-state index contributed by atoms with van der Waals surface area (Å²) in [6.45, 7) is 0.164. The number of nitrogens with two attached hydrogens (primary N) is 1. The van der Waals surface area contributed by atoms with Crippen molar-refractivity contribution < 1.29 is 26.3 Å². The molecule has 0 aliphatic heterocycles. The van der Waals surface area contributed by atoms with Gasteiger partial charge in [0.15, 0.2) is 0 Å². The SMILES string of the molecule is NCCN(Cc1ccccc1)S(=O)(=O)c1cccc(OC(F)(F)F)c1. The van der Waals surface area contributed by atoms with E-state index >= 15 is 0 Å². The number of sulfonamides is 1. The Hall–Kier alpha value is -2.10. The molecule has 0 saturated carbocycles. The Balaban J connectivity index is 2.32. The van der Waals surface area contributed by atoms with Gasteiger partial charge in [0.2, 0.25) is 10.0 Å². The van der Waals surface area contributed by atoms with E-state index in [-0.39, 0.29) is 24.5 Å². The van der Waals surface area contributed by atoms with Crippen molar-refractivity contribution in [3.63, 3.8) is 0 Å². The van der Waals surface area contributed by atoms with Crippen LogP contribution in [0.4, 0.5) is 13.2 Å². The second kappa shape index (κ2) is 7.85. The number of alkyl halides is 3. The van der Waals surface area contributed by atoms with E-state index in [4.69, 9.17) is 5.73 Å². The van der Waals surface area contributed by atoms with Gasteiger partial charge in [-0.25, -0.2) is 8.42 Å². The van der Waals surface area contributed by atoms with Gasteiger partial charge in [-0.1, -0.05) is 36.4 Å². The lowest BCUT2D eigenvalue weighted by atomic mass is 10.2. The highest BCUT2D eigenvalue weighted by Crippen LogP contribution is 2.26. The number of rotatable bonds is 7. The Labute approximate surface area is 143 Å². The third-order valence-electron chi connectivity index (χ3n) is 3.26. The van der Waals surface area contributed by atoms with Crippen LogP contribution in [0.5, 0.6) is 5.75 Å². The van der Waals surface area contributed by atoms with Crippen molar-refractivity contribution in [1.29, 1.82) is 0 Å². The van der Waals surface area contributed by atoms with Gasteiger partial charge in [-0.2, -0.15) is 4.31 Å². The molecule has 5 nitrogen and oxygen atoms in total. The predicted octanol–water partition coefficient (Wildman–Crippen LogP) is 2.73. The predicted molar refractivity (Wildman–Crippen MR) is 86.2 cm³/mol. The summed E-state index contributed by atoms with van der Waals surface area (Å²) < 4.78 is 67.5. The summed E-state index contributed by atoms with van der Waals surface area (Å²) in [5, 5.41) is 0. The smallest absolute Gasteiger partial charge is 0.406 e. The van der Waals surface area contributed by atoms with Crippen molar-refractivity contribution in [2.75, 3.05) is 13.1 Å². The zero-order valence-corrected chi connectivity index (χ0v) is 13.9. The van der Waals surface area contributed by atoms with Gasteiger partial charge in [0.05, 0.1) is 4.90 Å². The topological polar surface area (TPSA) is 72.6 Å². The molecule has 0 fully saturated rings. The lowest BCUT2D eigenvalue weighted by Crippen LogP contribution is -2.35. The fourth-order valence-electron chi connectivity index (χ4n) is 2.20. The first-order valence-corrected chi connectivity index (χ1v) is 8.76. The van der Waals surface area contributed by atoms with Crippen LogP contribution in [0.2, 0.25) is 0 Å². The first kappa shape index (κ1) is 19.2. The van der Waals surface area contributed by atoms with Gasteiger partial charge in [0.25, 0.3) is 0 Å². The maximum absolute atomic E-state index is 12.8. The highest BCUT2D eigenvalue weighted by atomic mass is 32.2. The van der Waals surface area contributed by atoms with Gasteiger partial charge in [-0.05, 0) is 17.7 Å².